The molecule has 0 radical (unpaired) electrons. The number of methoxy groups -OCH3 is 2. The van der Waals surface area contributed by atoms with Gasteiger partial charge in [0, 0.05) is 18.1 Å². The fourth-order valence-electron chi connectivity index (χ4n) is 3.00. The Morgan fingerprint density at radius 1 is 1.19 bits per heavy atom. The molecule has 0 fully saturated rings. The summed E-state index contributed by atoms with van der Waals surface area (Å²) in [5.74, 6) is 2.20. The Hall–Kier alpha value is -2.95. The minimum absolute atomic E-state index is 0.167. The van der Waals surface area contributed by atoms with Crippen molar-refractivity contribution in [3.05, 3.63) is 59.2 Å². The fraction of sp³-hybridized carbons (Fsp3) is 0.286. The third-order valence-electron chi connectivity index (χ3n) is 4.40. The van der Waals surface area contributed by atoms with E-state index >= 15 is 0 Å². The molecule has 1 amide bonds. The van der Waals surface area contributed by atoms with Gasteiger partial charge in [0.25, 0.3) is 0 Å². The highest BCUT2D eigenvalue weighted by molar-refractivity contribution is 5.92. The summed E-state index contributed by atoms with van der Waals surface area (Å²) in [5.41, 5.74) is 3.03. The van der Waals surface area contributed by atoms with E-state index in [2.05, 4.69) is 11.4 Å². The van der Waals surface area contributed by atoms with Crippen LogP contribution in [0.25, 0.3) is 6.08 Å². The number of benzene rings is 2. The molecule has 3 rings (SSSR count). The van der Waals surface area contributed by atoms with Crippen LogP contribution in [0.3, 0.4) is 0 Å². The Kier molecular flexibility index (Phi) is 5.46. The molecular formula is C21H23NO4. The van der Waals surface area contributed by atoms with E-state index in [0.29, 0.717) is 5.75 Å². The number of carbonyl (C=O) groups excluding carboxylic acids is 1. The topological polar surface area (TPSA) is 56.8 Å². The molecule has 2 aromatic carbocycles. The van der Waals surface area contributed by atoms with Gasteiger partial charge in [0.1, 0.15) is 17.2 Å². The Morgan fingerprint density at radius 3 is 2.81 bits per heavy atom. The minimum Gasteiger partial charge on any atom is -0.497 e. The smallest absolute Gasteiger partial charge is 0.244 e. The summed E-state index contributed by atoms with van der Waals surface area (Å²) in [5, 5.41) is 2.96. The maximum absolute atomic E-state index is 12.3. The van der Waals surface area contributed by atoms with Crippen LogP contribution in [0.2, 0.25) is 0 Å². The molecule has 0 saturated carbocycles. The molecule has 0 aliphatic carbocycles. The van der Waals surface area contributed by atoms with Crippen LogP contribution in [0.5, 0.6) is 17.2 Å². The molecule has 0 aromatic heterocycles. The molecule has 136 valence electrons. The third-order valence-corrected chi connectivity index (χ3v) is 4.40. The van der Waals surface area contributed by atoms with E-state index < -0.39 is 0 Å². The summed E-state index contributed by atoms with van der Waals surface area (Å²) in [6, 6.07) is 11.3. The van der Waals surface area contributed by atoms with E-state index in [-0.39, 0.29) is 11.9 Å². The molecule has 2 aromatic rings. The van der Waals surface area contributed by atoms with E-state index in [4.69, 9.17) is 14.2 Å². The van der Waals surface area contributed by atoms with E-state index in [1.54, 1.807) is 20.3 Å². The maximum atomic E-state index is 12.3. The van der Waals surface area contributed by atoms with Gasteiger partial charge in [-0.25, -0.2) is 0 Å². The number of amides is 1. The van der Waals surface area contributed by atoms with Crippen LogP contribution in [0.15, 0.2) is 42.5 Å². The average molecular weight is 353 g/mol. The fourth-order valence-corrected chi connectivity index (χ4v) is 3.00. The van der Waals surface area contributed by atoms with Gasteiger partial charge in [0.2, 0.25) is 5.91 Å². The minimum atomic E-state index is -0.217. The molecule has 0 bridgehead atoms. The quantitative estimate of drug-likeness (QED) is 0.807. The lowest BCUT2D eigenvalue weighted by Gasteiger charge is -2.17. The van der Waals surface area contributed by atoms with Gasteiger partial charge in [-0.15, -0.1) is 0 Å². The average Bonchev–Trinajstić information content (AvgIpc) is 3.13. The van der Waals surface area contributed by atoms with Gasteiger partial charge in [-0.3, -0.25) is 4.79 Å². The molecule has 0 spiro atoms. The summed E-state index contributed by atoms with van der Waals surface area (Å²) < 4.78 is 16.1. The van der Waals surface area contributed by atoms with E-state index in [9.17, 15) is 4.79 Å². The van der Waals surface area contributed by atoms with Crippen LogP contribution in [-0.2, 0) is 11.2 Å². The number of hydrogen-bond acceptors (Lipinski definition) is 4. The van der Waals surface area contributed by atoms with Crippen molar-refractivity contribution in [2.45, 2.75) is 19.4 Å². The third kappa shape index (κ3) is 3.99. The summed E-state index contributed by atoms with van der Waals surface area (Å²) in [6.45, 7) is 2.64. The van der Waals surface area contributed by atoms with E-state index in [1.807, 2.05) is 43.3 Å². The summed E-state index contributed by atoms with van der Waals surface area (Å²) in [4.78, 5) is 12.3. The largest absolute Gasteiger partial charge is 0.497 e. The number of hydrogen-bond donors (Lipinski definition) is 1. The summed E-state index contributed by atoms with van der Waals surface area (Å²) in [6.07, 6.45) is 4.26. The Balaban J connectivity index is 1.68. The molecule has 1 unspecified atom stereocenters. The van der Waals surface area contributed by atoms with Crippen LogP contribution >= 0.6 is 0 Å². The zero-order valence-electron chi connectivity index (χ0n) is 15.2. The van der Waals surface area contributed by atoms with Crippen molar-refractivity contribution < 1.29 is 19.0 Å². The SMILES string of the molecule is COc1ccc(OC)c(C(C)NC(=O)/C=C/c2ccc3c(c2)CCO3)c1. The normalized spacial score (nSPS) is 13.8. The van der Waals surface area contributed by atoms with Crippen LogP contribution in [0.1, 0.15) is 29.7 Å². The van der Waals surface area contributed by atoms with E-state index in [1.165, 1.54) is 5.56 Å². The second kappa shape index (κ2) is 7.95. The first-order valence-corrected chi connectivity index (χ1v) is 8.57. The first-order valence-electron chi connectivity index (χ1n) is 8.57. The lowest BCUT2D eigenvalue weighted by Crippen LogP contribution is -2.25. The Bertz CT molecular complexity index is 829. The van der Waals surface area contributed by atoms with Crippen molar-refractivity contribution in [3.8, 4) is 17.2 Å². The second-order valence-corrected chi connectivity index (χ2v) is 6.14. The number of carbonyl (C=O) groups is 1. The lowest BCUT2D eigenvalue weighted by molar-refractivity contribution is -0.117. The van der Waals surface area contributed by atoms with Crippen molar-refractivity contribution in [2.75, 3.05) is 20.8 Å². The molecule has 0 saturated heterocycles. The van der Waals surface area contributed by atoms with Crippen LogP contribution in [0.4, 0.5) is 0 Å². The van der Waals surface area contributed by atoms with E-state index in [0.717, 1.165) is 35.7 Å². The van der Waals surface area contributed by atoms with Crippen LogP contribution in [0, 0.1) is 0 Å². The number of ether oxygens (including phenoxy) is 3. The molecule has 1 aliphatic heterocycles. The van der Waals surface area contributed by atoms with Gasteiger partial charge in [-0.05, 0) is 54.5 Å². The van der Waals surface area contributed by atoms with Gasteiger partial charge < -0.3 is 19.5 Å². The highest BCUT2D eigenvalue weighted by atomic mass is 16.5. The zero-order valence-corrected chi connectivity index (χ0v) is 15.2. The number of nitrogens with one attached hydrogen (secondary N) is 1. The highest BCUT2D eigenvalue weighted by Gasteiger charge is 2.14. The van der Waals surface area contributed by atoms with Crippen molar-refractivity contribution in [2.24, 2.45) is 0 Å². The Labute approximate surface area is 153 Å². The molecule has 1 aliphatic rings. The lowest BCUT2D eigenvalue weighted by atomic mass is 10.1. The predicted molar refractivity (Wildman–Crippen MR) is 101 cm³/mol. The standard InChI is InChI=1S/C21H23NO4/c1-14(18-13-17(24-2)6-8-20(18)25-3)22-21(23)9-5-15-4-7-19-16(12-15)10-11-26-19/h4-9,12-14H,10-11H2,1-3H3,(H,22,23)/b9-5+. The summed E-state index contributed by atoms with van der Waals surface area (Å²) in [7, 11) is 3.22. The predicted octanol–water partition coefficient (Wildman–Crippen LogP) is 3.53. The number of rotatable bonds is 6. The molecular weight excluding hydrogens is 330 g/mol. The molecule has 1 heterocycles. The van der Waals surface area contributed by atoms with Crippen molar-refractivity contribution in [3.63, 3.8) is 0 Å². The van der Waals surface area contributed by atoms with Gasteiger partial charge in [-0.1, -0.05) is 6.07 Å². The first-order chi connectivity index (χ1) is 12.6. The number of fused-ring (bicyclic) bond motifs is 1. The Morgan fingerprint density at radius 2 is 2.04 bits per heavy atom. The first kappa shape index (κ1) is 17.9. The van der Waals surface area contributed by atoms with Crippen molar-refractivity contribution in [1.82, 2.24) is 5.32 Å². The van der Waals surface area contributed by atoms with Crippen molar-refractivity contribution >= 4 is 12.0 Å². The van der Waals surface area contributed by atoms with Crippen LogP contribution in [-0.4, -0.2) is 26.7 Å². The molecule has 1 atom stereocenters. The molecule has 26 heavy (non-hydrogen) atoms. The van der Waals surface area contributed by atoms with Crippen LogP contribution < -0.4 is 19.5 Å². The monoisotopic (exact) mass is 353 g/mol. The maximum Gasteiger partial charge on any atom is 0.244 e. The van der Waals surface area contributed by atoms with Gasteiger partial charge >= 0.3 is 0 Å². The molecule has 5 heteroatoms. The van der Waals surface area contributed by atoms with Gasteiger partial charge in [0.15, 0.2) is 0 Å². The summed E-state index contributed by atoms with van der Waals surface area (Å²) >= 11 is 0. The van der Waals surface area contributed by atoms with Crippen molar-refractivity contribution in [1.29, 1.82) is 0 Å². The second-order valence-electron chi connectivity index (χ2n) is 6.14. The van der Waals surface area contributed by atoms with Gasteiger partial charge in [-0.2, -0.15) is 0 Å². The molecule has 1 N–H and O–H groups in total. The van der Waals surface area contributed by atoms with Gasteiger partial charge in [0.05, 0.1) is 26.9 Å². The molecule has 5 nitrogen and oxygen atoms in total. The highest BCUT2D eigenvalue weighted by Crippen LogP contribution is 2.29. The zero-order chi connectivity index (χ0) is 18.5.